The van der Waals surface area contributed by atoms with Gasteiger partial charge in [0.05, 0.1) is 18.4 Å². The van der Waals surface area contributed by atoms with Gasteiger partial charge in [0.1, 0.15) is 10.7 Å². The zero-order valence-electron chi connectivity index (χ0n) is 8.67. The second kappa shape index (κ2) is 4.31. The van der Waals surface area contributed by atoms with Gasteiger partial charge in [0.25, 0.3) is 5.91 Å². The highest BCUT2D eigenvalue weighted by Crippen LogP contribution is 2.09. The number of carbonyl (C=O) groups excluding carboxylic acids is 1. The van der Waals surface area contributed by atoms with Crippen molar-refractivity contribution in [2.24, 2.45) is 7.05 Å². The standard InChI is InChI=1S/C9H11N5OS/c1-14-8(6(10)4-13-14)9(15)12-5-7-11-2-3-16-7/h2-4H,5,10H2,1H3,(H,12,15). The lowest BCUT2D eigenvalue weighted by Gasteiger charge is -2.04. The van der Waals surface area contributed by atoms with Crippen LogP contribution in [0.2, 0.25) is 0 Å². The summed E-state index contributed by atoms with van der Waals surface area (Å²) in [5.41, 5.74) is 6.38. The third-order valence-electron chi connectivity index (χ3n) is 2.07. The molecule has 84 valence electrons. The lowest BCUT2D eigenvalue weighted by molar-refractivity contribution is 0.0942. The molecule has 0 aliphatic carbocycles. The van der Waals surface area contributed by atoms with Crippen LogP contribution < -0.4 is 11.1 Å². The Bertz CT molecular complexity index is 470. The van der Waals surface area contributed by atoms with Crippen LogP contribution in [0.1, 0.15) is 15.5 Å². The van der Waals surface area contributed by atoms with E-state index in [9.17, 15) is 4.79 Å². The van der Waals surface area contributed by atoms with Gasteiger partial charge in [0.15, 0.2) is 0 Å². The summed E-state index contributed by atoms with van der Waals surface area (Å²) in [5, 5.41) is 9.35. The van der Waals surface area contributed by atoms with Crippen LogP contribution in [0.3, 0.4) is 0 Å². The van der Waals surface area contributed by atoms with E-state index in [0.717, 1.165) is 5.01 Å². The van der Waals surface area contributed by atoms with Gasteiger partial charge >= 0.3 is 0 Å². The van der Waals surface area contributed by atoms with Crippen LogP contribution in [-0.2, 0) is 13.6 Å². The van der Waals surface area contributed by atoms with Gasteiger partial charge in [0, 0.05) is 18.6 Å². The Labute approximate surface area is 96.1 Å². The number of anilines is 1. The Morgan fingerprint density at radius 1 is 1.69 bits per heavy atom. The molecule has 2 rings (SSSR count). The minimum Gasteiger partial charge on any atom is -0.396 e. The molecule has 0 spiro atoms. The van der Waals surface area contributed by atoms with Gasteiger partial charge in [-0.25, -0.2) is 4.98 Å². The van der Waals surface area contributed by atoms with Crippen LogP contribution in [0.25, 0.3) is 0 Å². The summed E-state index contributed by atoms with van der Waals surface area (Å²) in [6, 6.07) is 0. The van der Waals surface area contributed by atoms with E-state index in [-0.39, 0.29) is 5.91 Å². The van der Waals surface area contributed by atoms with Gasteiger partial charge in [-0.15, -0.1) is 11.3 Å². The number of hydrogen-bond donors (Lipinski definition) is 2. The number of amides is 1. The highest BCUT2D eigenvalue weighted by atomic mass is 32.1. The number of thiazole rings is 1. The van der Waals surface area contributed by atoms with Crippen molar-refractivity contribution in [1.29, 1.82) is 0 Å². The van der Waals surface area contributed by atoms with E-state index in [1.165, 1.54) is 22.2 Å². The van der Waals surface area contributed by atoms with Crippen molar-refractivity contribution >= 4 is 22.9 Å². The number of nitrogens with zero attached hydrogens (tertiary/aromatic N) is 3. The third-order valence-corrected chi connectivity index (χ3v) is 2.85. The first-order chi connectivity index (χ1) is 7.68. The fourth-order valence-corrected chi connectivity index (χ4v) is 1.87. The first kappa shape index (κ1) is 10.6. The molecule has 0 radical (unpaired) electrons. The minimum absolute atomic E-state index is 0.243. The van der Waals surface area contributed by atoms with E-state index in [0.29, 0.717) is 17.9 Å². The quantitative estimate of drug-likeness (QED) is 0.808. The number of nitrogen functional groups attached to an aromatic ring is 1. The van der Waals surface area contributed by atoms with Crippen molar-refractivity contribution in [2.75, 3.05) is 5.73 Å². The van der Waals surface area contributed by atoms with E-state index in [1.54, 1.807) is 13.2 Å². The molecule has 2 aromatic rings. The number of aryl methyl sites for hydroxylation is 1. The second-order valence-corrected chi connectivity index (χ2v) is 4.16. The molecule has 6 nitrogen and oxygen atoms in total. The molecule has 1 amide bonds. The number of nitrogens with two attached hydrogens (primary N) is 1. The van der Waals surface area contributed by atoms with Gasteiger partial charge < -0.3 is 11.1 Å². The van der Waals surface area contributed by atoms with Crippen LogP contribution in [0, 0.1) is 0 Å². The van der Waals surface area contributed by atoms with Gasteiger partial charge in [-0.05, 0) is 0 Å². The highest BCUT2D eigenvalue weighted by Gasteiger charge is 2.14. The molecule has 3 N–H and O–H groups in total. The van der Waals surface area contributed by atoms with Crippen LogP contribution in [-0.4, -0.2) is 20.7 Å². The molecular formula is C9H11N5OS. The van der Waals surface area contributed by atoms with E-state index >= 15 is 0 Å². The van der Waals surface area contributed by atoms with Crippen molar-refractivity contribution in [3.8, 4) is 0 Å². The molecule has 0 fully saturated rings. The molecule has 0 atom stereocenters. The normalized spacial score (nSPS) is 10.3. The molecule has 0 bridgehead atoms. The lowest BCUT2D eigenvalue weighted by atomic mass is 10.3. The fraction of sp³-hybridized carbons (Fsp3) is 0.222. The summed E-state index contributed by atoms with van der Waals surface area (Å²) >= 11 is 1.49. The number of aromatic nitrogens is 3. The average molecular weight is 237 g/mol. The first-order valence-corrected chi connectivity index (χ1v) is 5.50. The van der Waals surface area contributed by atoms with E-state index in [2.05, 4.69) is 15.4 Å². The van der Waals surface area contributed by atoms with E-state index < -0.39 is 0 Å². The molecule has 0 unspecified atom stereocenters. The molecule has 0 aliphatic rings. The zero-order valence-corrected chi connectivity index (χ0v) is 9.49. The summed E-state index contributed by atoms with van der Waals surface area (Å²) in [7, 11) is 1.68. The van der Waals surface area contributed by atoms with E-state index in [1.807, 2.05) is 5.38 Å². The summed E-state index contributed by atoms with van der Waals surface area (Å²) in [4.78, 5) is 15.8. The molecule has 2 aromatic heterocycles. The summed E-state index contributed by atoms with van der Waals surface area (Å²) in [5.74, 6) is -0.243. The molecule has 0 aromatic carbocycles. The second-order valence-electron chi connectivity index (χ2n) is 3.18. The maximum Gasteiger partial charge on any atom is 0.272 e. The van der Waals surface area contributed by atoms with Crippen molar-refractivity contribution < 1.29 is 4.79 Å². The van der Waals surface area contributed by atoms with Gasteiger partial charge in [-0.3, -0.25) is 9.48 Å². The molecule has 2 heterocycles. The Morgan fingerprint density at radius 3 is 3.06 bits per heavy atom. The minimum atomic E-state index is -0.243. The van der Waals surface area contributed by atoms with Gasteiger partial charge in [-0.1, -0.05) is 0 Å². The molecular weight excluding hydrogens is 226 g/mol. The van der Waals surface area contributed by atoms with Crippen molar-refractivity contribution in [2.45, 2.75) is 6.54 Å². The molecule has 7 heteroatoms. The van der Waals surface area contributed by atoms with Gasteiger partial charge in [0.2, 0.25) is 0 Å². The maximum absolute atomic E-state index is 11.8. The number of nitrogens with one attached hydrogen (secondary N) is 1. The van der Waals surface area contributed by atoms with Crippen molar-refractivity contribution in [3.63, 3.8) is 0 Å². The monoisotopic (exact) mass is 237 g/mol. The first-order valence-electron chi connectivity index (χ1n) is 4.62. The van der Waals surface area contributed by atoms with Crippen LogP contribution >= 0.6 is 11.3 Å². The number of carbonyl (C=O) groups is 1. The number of rotatable bonds is 3. The molecule has 0 aliphatic heterocycles. The summed E-state index contributed by atoms with van der Waals surface area (Å²) < 4.78 is 1.45. The number of hydrogen-bond acceptors (Lipinski definition) is 5. The molecule has 0 saturated carbocycles. The Balaban J connectivity index is 2.04. The maximum atomic E-state index is 11.8. The SMILES string of the molecule is Cn1ncc(N)c1C(=O)NCc1nccs1. The van der Waals surface area contributed by atoms with Gasteiger partial charge in [-0.2, -0.15) is 5.10 Å². The summed E-state index contributed by atoms with van der Waals surface area (Å²) in [6.07, 6.45) is 3.16. The average Bonchev–Trinajstić information content (AvgIpc) is 2.86. The highest BCUT2D eigenvalue weighted by molar-refractivity contribution is 7.09. The van der Waals surface area contributed by atoms with Crippen molar-refractivity contribution in [1.82, 2.24) is 20.1 Å². The Morgan fingerprint density at radius 2 is 2.50 bits per heavy atom. The van der Waals surface area contributed by atoms with E-state index in [4.69, 9.17) is 5.73 Å². The smallest absolute Gasteiger partial charge is 0.272 e. The molecule has 0 saturated heterocycles. The predicted molar refractivity (Wildman–Crippen MR) is 60.9 cm³/mol. The zero-order chi connectivity index (χ0) is 11.5. The Kier molecular flexibility index (Phi) is 2.86. The Hall–Kier alpha value is -1.89. The van der Waals surface area contributed by atoms with Crippen molar-refractivity contribution in [3.05, 3.63) is 28.5 Å². The van der Waals surface area contributed by atoms with Crippen LogP contribution in [0.15, 0.2) is 17.8 Å². The summed E-state index contributed by atoms with van der Waals surface area (Å²) in [6.45, 7) is 0.404. The topological polar surface area (TPSA) is 85.8 Å². The van der Waals surface area contributed by atoms with Crippen LogP contribution in [0.5, 0.6) is 0 Å². The predicted octanol–water partition coefficient (Wildman–Crippen LogP) is 0.389. The molecule has 16 heavy (non-hydrogen) atoms. The largest absolute Gasteiger partial charge is 0.396 e. The van der Waals surface area contributed by atoms with Crippen LogP contribution in [0.4, 0.5) is 5.69 Å². The fourth-order valence-electron chi connectivity index (χ4n) is 1.31. The lowest BCUT2D eigenvalue weighted by Crippen LogP contribution is -2.25. The third kappa shape index (κ3) is 2.03.